The fourth-order valence-corrected chi connectivity index (χ4v) is 7.32. The first-order chi connectivity index (χ1) is 22.2. The quantitative estimate of drug-likeness (QED) is 0.166. The highest BCUT2D eigenvalue weighted by Crippen LogP contribution is 2.39. The third-order valence-electron chi connectivity index (χ3n) is 7.14. The number of ether oxygens (including phenoxy) is 2. The van der Waals surface area contributed by atoms with Crippen LogP contribution in [0.1, 0.15) is 30.2 Å². The van der Waals surface area contributed by atoms with Crippen LogP contribution in [0.5, 0.6) is 5.75 Å². The first-order valence-electron chi connectivity index (χ1n) is 14.3. The van der Waals surface area contributed by atoms with Gasteiger partial charge in [-0.25, -0.2) is 17.5 Å². The molecule has 1 saturated heterocycles. The van der Waals surface area contributed by atoms with Crippen molar-refractivity contribution in [3.05, 3.63) is 46.6 Å². The van der Waals surface area contributed by atoms with Gasteiger partial charge in [0, 0.05) is 51.8 Å². The van der Waals surface area contributed by atoms with Crippen LogP contribution in [0.4, 0.5) is 37.7 Å². The minimum Gasteiger partial charge on any atom is -0.433 e. The maximum atomic E-state index is 14.7. The number of carbonyl (C=O) groups excluding carboxylic acids is 1. The SMILES string of the molecule is COCCN1CCC(Nc2cccc3c(CC(F)(F)F)c(C#CCNc4cc(F)c(S(=O)(=O)NC(C)=O)cc4OC(F)F)sc23)CC1. The molecule has 3 N–H and O–H groups in total. The molecule has 1 fully saturated rings. The van der Waals surface area contributed by atoms with Crippen LogP contribution in [0.2, 0.25) is 0 Å². The molecule has 3 aromatic rings. The van der Waals surface area contributed by atoms with Crippen LogP contribution in [0.25, 0.3) is 10.1 Å². The number of thiophene rings is 1. The van der Waals surface area contributed by atoms with Gasteiger partial charge >= 0.3 is 12.8 Å². The Hall–Kier alpha value is -3.72. The van der Waals surface area contributed by atoms with E-state index in [2.05, 4.69) is 32.1 Å². The topological polar surface area (TPSA) is 109 Å². The van der Waals surface area contributed by atoms with Crippen LogP contribution < -0.4 is 20.1 Å². The maximum Gasteiger partial charge on any atom is 0.393 e. The van der Waals surface area contributed by atoms with Crippen LogP contribution in [0.3, 0.4) is 0 Å². The second kappa shape index (κ2) is 15.5. The third-order valence-corrected chi connectivity index (χ3v) is 9.79. The number of nitrogens with zero attached hydrogens (tertiary/aromatic N) is 1. The molecule has 2 heterocycles. The second-order valence-electron chi connectivity index (χ2n) is 10.6. The number of halogens is 6. The molecule has 2 aromatic carbocycles. The number of rotatable bonds is 12. The number of likely N-dealkylation sites (tertiary alicyclic amines) is 1. The van der Waals surface area contributed by atoms with Crippen molar-refractivity contribution in [1.82, 2.24) is 9.62 Å². The van der Waals surface area contributed by atoms with E-state index in [4.69, 9.17) is 4.74 Å². The minimum absolute atomic E-state index is 0.0108. The van der Waals surface area contributed by atoms with Gasteiger partial charge in [-0.2, -0.15) is 22.0 Å². The van der Waals surface area contributed by atoms with E-state index in [1.165, 1.54) is 4.72 Å². The highest BCUT2D eigenvalue weighted by atomic mass is 32.2. The van der Waals surface area contributed by atoms with Crippen LogP contribution in [-0.4, -0.2) is 78.0 Å². The van der Waals surface area contributed by atoms with Crippen molar-refractivity contribution in [1.29, 1.82) is 0 Å². The highest BCUT2D eigenvalue weighted by Gasteiger charge is 2.31. The molecule has 1 aromatic heterocycles. The lowest BCUT2D eigenvalue weighted by Crippen LogP contribution is -2.40. The molecule has 0 spiro atoms. The largest absolute Gasteiger partial charge is 0.433 e. The Morgan fingerprint density at radius 3 is 2.53 bits per heavy atom. The second-order valence-corrected chi connectivity index (χ2v) is 13.3. The number of hydrogen-bond acceptors (Lipinski definition) is 9. The number of hydrogen-bond donors (Lipinski definition) is 3. The number of alkyl halides is 5. The number of amides is 1. The van der Waals surface area contributed by atoms with Crippen molar-refractivity contribution >= 4 is 48.7 Å². The fraction of sp³-hybridized carbons (Fsp3) is 0.433. The summed E-state index contributed by atoms with van der Waals surface area (Å²) in [6.45, 7) is 0.248. The standard InChI is InChI=1S/C30H32F6N4O5S2/c1-18(41)39-47(42,43)27-16-25(45-29(32)33)24(15-22(27)31)37-10-4-7-26-21(17-30(34,35)36)20-5-3-6-23(28(20)46-26)38-19-8-11-40(12-9-19)13-14-44-2/h3,5-6,15-16,19,29,37-38H,8-14,17H2,1-2H3,(H,39,41). The van der Waals surface area contributed by atoms with E-state index in [0.717, 1.165) is 50.7 Å². The van der Waals surface area contributed by atoms with Crippen LogP contribution in [0, 0.1) is 17.7 Å². The predicted molar refractivity (Wildman–Crippen MR) is 166 cm³/mol. The molecule has 0 bridgehead atoms. The molecule has 17 heteroatoms. The Bertz CT molecular complexity index is 1750. The summed E-state index contributed by atoms with van der Waals surface area (Å²) < 4.78 is 118. The van der Waals surface area contributed by atoms with Crippen molar-refractivity contribution in [2.24, 2.45) is 0 Å². The van der Waals surface area contributed by atoms with Gasteiger partial charge in [-0.3, -0.25) is 4.79 Å². The molecule has 1 aliphatic heterocycles. The number of methoxy groups -OCH3 is 1. The Labute approximate surface area is 271 Å². The summed E-state index contributed by atoms with van der Waals surface area (Å²) in [6, 6.07) is 6.26. The summed E-state index contributed by atoms with van der Waals surface area (Å²) in [4.78, 5) is 12.5. The zero-order chi connectivity index (χ0) is 34.4. The number of carbonyl (C=O) groups is 1. The molecular weight excluding hydrogens is 674 g/mol. The summed E-state index contributed by atoms with van der Waals surface area (Å²) >= 11 is 1.09. The van der Waals surface area contributed by atoms with Crippen molar-refractivity contribution < 1.29 is 49.0 Å². The fourth-order valence-electron chi connectivity index (χ4n) is 5.08. The molecule has 4 rings (SSSR count). The van der Waals surface area contributed by atoms with Gasteiger partial charge in [0.2, 0.25) is 5.91 Å². The van der Waals surface area contributed by atoms with Crippen LogP contribution in [-0.2, 0) is 26.0 Å². The number of piperidine rings is 1. The first-order valence-corrected chi connectivity index (χ1v) is 16.6. The Morgan fingerprint density at radius 1 is 1.17 bits per heavy atom. The molecule has 256 valence electrons. The van der Waals surface area contributed by atoms with Crippen molar-refractivity contribution in [2.45, 2.75) is 49.9 Å². The lowest BCUT2D eigenvalue weighted by molar-refractivity contribution is -0.127. The maximum absolute atomic E-state index is 14.7. The van der Waals surface area contributed by atoms with E-state index in [9.17, 15) is 39.6 Å². The summed E-state index contributed by atoms with van der Waals surface area (Å²) in [5, 5.41) is 6.42. The van der Waals surface area contributed by atoms with Gasteiger partial charge in [-0.05, 0) is 29.9 Å². The van der Waals surface area contributed by atoms with Gasteiger partial charge < -0.3 is 25.0 Å². The van der Waals surface area contributed by atoms with Crippen LogP contribution >= 0.6 is 11.3 Å². The Morgan fingerprint density at radius 2 is 1.89 bits per heavy atom. The van der Waals surface area contributed by atoms with Gasteiger partial charge in [0.15, 0.2) is 5.75 Å². The normalized spacial score (nSPS) is 14.6. The van der Waals surface area contributed by atoms with E-state index >= 15 is 0 Å². The molecule has 0 atom stereocenters. The number of benzene rings is 2. The lowest BCUT2D eigenvalue weighted by atomic mass is 10.0. The highest BCUT2D eigenvalue weighted by molar-refractivity contribution is 7.90. The van der Waals surface area contributed by atoms with E-state index in [0.29, 0.717) is 34.5 Å². The lowest BCUT2D eigenvalue weighted by Gasteiger charge is -2.32. The van der Waals surface area contributed by atoms with Gasteiger partial charge in [-0.15, -0.1) is 11.3 Å². The monoisotopic (exact) mass is 706 g/mol. The summed E-state index contributed by atoms with van der Waals surface area (Å²) in [5.74, 6) is 2.18. The van der Waals surface area contributed by atoms with Crippen molar-refractivity contribution in [3.63, 3.8) is 0 Å². The number of anilines is 2. The molecule has 9 nitrogen and oxygen atoms in total. The average molecular weight is 707 g/mol. The van der Waals surface area contributed by atoms with E-state index in [-0.39, 0.29) is 23.0 Å². The van der Waals surface area contributed by atoms with Gasteiger partial charge in [0.1, 0.15) is 10.7 Å². The van der Waals surface area contributed by atoms with E-state index in [1.807, 2.05) is 0 Å². The summed E-state index contributed by atoms with van der Waals surface area (Å²) in [6.07, 6.45) is -4.07. The third kappa shape index (κ3) is 9.89. The molecule has 1 amide bonds. The van der Waals surface area contributed by atoms with Crippen LogP contribution in [0.15, 0.2) is 35.2 Å². The Balaban J connectivity index is 1.58. The minimum atomic E-state index is -4.74. The Kier molecular flexibility index (Phi) is 11.9. The number of nitrogens with one attached hydrogen (secondary N) is 3. The van der Waals surface area contributed by atoms with E-state index < -0.39 is 57.3 Å². The molecule has 1 aliphatic rings. The van der Waals surface area contributed by atoms with Crippen molar-refractivity contribution in [2.75, 3.05) is 50.5 Å². The van der Waals surface area contributed by atoms with Gasteiger partial charge in [0.05, 0.1) is 40.5 Å². The number of sulfonamides is 1. The molecule has 47 heavy (non-hydrogen) atoms. The summed E-state index contributed by atoms with van der Waals surface area (Å²) in [7, 11) is -3.09. The van der Waals surface area contributed by atoms with Gasteiger partial charge in [-0.1, -0.05) is 24.0 Å². The van der Waals surface area contributed by atoms with Gasteiger partial charge in [0.25, 0.3) is 10.0 Å². The molecular formula is C30H32F6N4O5S2. The first kappa shape index (κ1) is 36.1. The smallest absolute Gasteiger partial charge is 0.393 e. The molecule has 0 saturated carbocycles. The molecule has 0 aliphatic carbocycles. The van der Waals surface area contributed by atoms with E-state index in [1.54, 1.807) is 25.3 Å². The molecule has 0 radical (unpaired) electrons. The zero-order valence-electron chi connectivity index (χ0n) is 25.3. The van der Waals surface area contributed by atoms with Crippen molar-refractivity contribution in [3.8, 4) is 17.6 Å². The predicted octanol–water partition coefficient (Wildman–Crippen LogP) is 5.56. The molecule has 0 unspecified atom stereocenters. The summed E-state index contributed by atoms with van der Waals surface area (Å²) in [5.41, 5.74) is 0.282. The number of fused-ring (bicyclic) bond motifs is 1. The average Bonchev–Trinajstić information content (AvgIpc) is 3.31. The zero-order valence-corrected chi connectivity index (χ0v) is 26.9.